The molecular formula is C22H21F2N3OS2. The van der Waals surface area contributed by atoms with Gasteiger partial charge in [-0.25, -0.2) is 14.4 Å². The molecule has 8 heteroatoms. The van der Waals surface area contributed by atoms with Crippen LogP contribution in [0, 0.1) is 11.7 Å². The van der Waals surface area contributed by atoms with E-state index >= 15 is 0 Å². The van der Waals surface area contributed by atoms with Gasteiger partial charge in [0.05, 0.1) is 12.9 Å². The Morgan fingerprint density at radius 3 is 2.50 bits per heavy atom. The number of carbonyl (C=O) groups excluding carboxylic acids is 1. The first kappa shape index (κ1) is 22.1. The summed E-state index contributed by atoms with van der Waals surface area (Å²) in [6, 6.07) is 14.2. The normalized spacial score (nSPS) is 12.1. The van der Waals surface area contributed by atoms with Gasteiger partial charge in [0, 0.05) is 22.6 Å². The van der Waals surface area contributed by atoms with E-state index < -0.39 is 0 Å². The van der Waals surface area contributed by atoms with Gasteiger partial charge in [-0.3, -0.25) is 9.18 Å². The summed E-state index contributed by atoms with van der Waals surface area (Å²) >= 11 is 2.77. The summed E-state index contributed by atoms with van der Waals surface area (Å²) in [4.78, 5) is 22.8. The number of amides is 1. The maximum Gasteiger partial charge on any atom is 0.280 e. The van der Waals surface area contributed by atoms with Gasteiger partial charge in [0.25, 0.3) is 5.91 Å². The summed E-state index contributed by atoms with van der Waals surface area (Å²) in [5.41, 5.74) is 2.54. The first-order valence-corrected chi connectivity index (χ1v) is 10.9. The second-order valence-electron chi connectivity index (χ2n) is 6.80. The molecule has 0 bridgehead atoms. The van der Waals surface area contributed by atoms with Crippen LogP contribution in [0.1, 0.15) is 34.8 Å². The molecule has 0 aliphatic carbocycles. The summed E-state index contributed by atoms with van der Waals surface area (Å²) in [6.45, 7) is 4.69. The van der Waals surface area contributed by atoms with E-state index in [-0.39, 0.29) is 11.7 Å². The molecule has 0 saturated carbocycles. The molecule has 4 rings (SSSR count). The van der Waals surface area contributed by atoms with Gasteiger partial charge in [-0.15, -0.1) is 0 Å². The lowest BCUT2D eigenvalue weighted by atomic mass is 10.0. The number of hydrogen-bond donors (Lipinski definition) is 1. The summed E-state index contributed by atoms with van der Waals surface area (Å²) in [7, 11) is 0.500. The van der Waals surface area contributed by atoms with Gasteiger partial charge in [0.1, 0.15) is 10.8 Å². The third-order valence-electron chi connectivity index (χ3n) is 4.12. The lowest BCUT2D eigenvalue weighted by Crippen LogP contribution is -2.27. The summed E-state index contributed by atoms with van der Waals surface area (Å²) in [6.07, 6.45) is 0. The van der Waals surface area contributed by atoms with Gasteiger partial charge < -0.3 is 5.32 Å². The molecule has 0 radical (unpaired) electrons. The van der Waals surface area contributed by atoms with E-state index in [4.69, 9.17) is 4.99 Å². The van der Waals surface area contributed by atoms with Crippen molar-refractivity contribution < 1.29 is 13.6 Å². The van der Waals surface area contributed by atoms with E-state index in [9.17, 15) is 13.6 Å². The Balaban J connectivity index is 0.00000124. The van der Waals surface area contributed by atoms with Crippen molar-refractivity contribution in [1.82, 2.24) is 10.3 Å². The van der Waals surface area contributed by atoms with Crippen molar-refractivity contribution in [2.45, 2.75) is 23.8 Å². The predicted octanol–water partition coefficient (Wildman–Crippen LogP) is 5.89. The molecule has 156 valence electrons. The minimum absolute atomic E-state index is 0.181. The number of alkyl halides is 1. The number of hydrogen-bond acceptors (Lipinski definition) is 5. The van der Waals surface area contributed by atoms with Crippen LogP contribution in [0.4, 0.5) is 13.8 Å². The largest absolute Gasteiger partial charge is 0.350 e. The van der Waals surface area contributed by atoms with Crippen molar-refractivity contribution >= 4 is 39.7 Å². The van der Waals surface area contributed by atoms with Crippen molar-refractivity contribution in [2.24, 2.45) is 10.9 Å². The summed E-state index contributed by atoms with van der Waals surface area (Å²) in [5.74, 6) is -0.103. The molecule has 2 heterocycles. The van der Waals surface area contributed by atoms with Gasteiger partial charge in [-0.1, -0.05) is 55.1 Å². The molecule has 30 heavy (non-hydrogen) atoms. The van der Waals surface area contributed by atoms with Gasteiger partial charge in [0.2, 0.25) is 0 Å². The first-order chi connectivity index (χ1) is 14.5. The number of halogens is 2. The predicted molar refractivity (Wildman–Crippen MR) is 119 cm³/mol. The van der Waals surface area contributed by atoms with Gasteiger partial charge in [0.15, 0.2) is 10.0 Å². The van der Waals surface area contributed by atoms with Gasteiger partial charge >= 0.3 is 0 Å². The van der Waals surface area contributed by atoms with E-state index in [1.54, 1.807) is 12.1 Å². The number of rotatable bonds is 4. The number of aromatic nitrogens is 1. The highest BCUT2D eigenvalue weighted by Crippen LogP contribution is 2.43. The number of nitrogens with zero attached hydrogens (tertiary/aromatic N) is 2. The molecule has 1 aliphatic rings. The van der Waals surface area contributed by atoms with E-state index in [0.29, 0.717) is 34.7 Å². The van der Waals surface area contributed by atoms with Crippen LogP contribution in [0.3, 0.4) is 0 Å². The molecule has 3 aromatic rings. The molecule has 0 saturated heterocycles. The van der Waals surface area contributed by atoms with E-state index in [1.165, 1.54) is 35.2 Å². The standard InChI is InChI=1S/C21H18FN3OS2.CH3F/c1-12(2)11-23-18(26)19-25-21-20(28-19)24-17(13-7-9-14(22)10-8-13)15-5-3-4-6-16(15)27-21;1-2/h3-10,12H,11H2,1-2H3,(H,23,26);1H3. The summed E-state index contributed by atoms with van der Waals surface area (Å²) in [5, 5.41) is 4.71. The number of aliphatic imine (C=N–C) groups is 1. The Kier molecular flexibility index (Phi) is 7.33. The average Bonchev–Trinajstić information content (AvgIpc) is 3.08. The van der Waals surface area contributed by atoms with Crippen molar-refractivity contribution in [3.8, 4) is 0 Å². The van der Waals surface area contributed by atoms with Crippen molar-refractivity contribution in [3.63, 3.8) is 0 Å². The van der Waals surface area contributed by atoms with Crippen LogP contribution in [0.2, 0.25) is 0 Å². The minimum Gasteiger partial charge on any atom is -0.350 e. The van der Waals surface area contributed by atoms with Crippen molar-refractivity contribution in [2.75, 3.05) is 13.7 Å². The lowest BCUT2D eigenvalue weighted by Gasteiger charge is -2.09. The SMILES string of the molecule is CC(C)CNC(=O)c1nc2c(s1)N=C(c1ccc(F)cc1)c1ccccc1S2.CF. The Morgan fingerprint density at radius 1 is 1.10 bits per heavy atom. The summed E-state index contributed by atoms with van der Waals surface area (Å²) < 4.78 is 22.9. The molecule has 4 nitrogen and oxygen atoms in total. The molecule has 1 amide bonds. The molecule has 0 unspecified atom stereocenters. The van der Waals surface area contributed by atoms with E-state index in [0.717, 1.165) is 21.7 Å². The Hall–Kier alpha value is -2.58. The molecule has 1 aromatic heterocycles. The fourth-order valence-electron chi connectivity index (χ4n) is 2.75. The first-order valence-electron chi connectivity index (χ1n) is 9.30. The third kappa shape index (κ3) is 4.94. The average molecular weight is 446 g/mol. The topological polar surface area (TPSA) is 54.4 Å². The Bertz CT molecular complexity index is 1060. The number of benzene rings is 2. The Labute approximate surface area is 182 Å². The van der Waals surface area contributed by atoms with Crippen LogP contribution in [0.15, 0.2) is 63.4 Å². The highest BCUT2D eigenvalue weighted by molar-refractivity contribution is 7.99. The molecule has 1 N–H and O–H groups in total. The van der Waals surface area contributed by atoms with E-state index in [1.807, 2.05) is 38.1 Å². The molecule has 0 spiro atoms. The molecule has 0 fully saturated rings. The van der Waals surface area contributed by atoms with Crippen molar-refractivity contribution in [1.29, 1.82) is 0 Å². The monoisotopic (exact) mass is 445 g/mol. The quantitative estimate of drug-likeness (QED) is 0.426. The zero-order chi connectivity index (χ0) is 21.7. The second-order valence-corrected chi connectivity index (χ2v) is 8.81. The third-order valence-corrected chi connectivity index (χ3v) is 6.26. The fourth-order valence-corrected chi connectivity index (χ4v) is 4.71. The molecule has 0 atom stereocenters. The van der Waals surface area contributed by atoms with Gasteiger partial charge in [-0.05, 0) is 36.2 Å². The minimum atomic E-state index is -0.289. The molecule has 1 aliphatic heterocycles. The van der Waals surface area contributed by atoms with Crippen LogP contribution < -0.4 is 5.32 Å². The zero-order valence-electron chi connectivity index (χ0n) is 16.8. The number of thiazole rings is 1. The second kappa shape index (κ2) is 9.95. The van der Waals surface area contributed by atoms with Crippen LogP contribution in [-0.4, -0.2) is 30.3 Å². The van der Waals surface area contributed by atoms with Crippen LogP contribution in [0.25, 0.3) is 0 Å². The zero-order valence-corrected chi connectivity index (χ0v) is 18.4. The van der Waals surface area contributed by atoms with Crippen LogP contribution in [-0.2, 0) is 0 Å². The molecular weight excluding hydrogens is 424 g/mol. The van der Waals surface area contributed by atoms with Crippen LogP contribution in [0.5, 0.6) is 0 Å². The Morgan fingerprint density at radius 2 is 1.80 bits per heavy atom. The van der Waals surface area contributed by atoms with Gasteiger partial charge in [-0.2, -0.15) is 0 Å². The maximum absolute atomic E-state index is 13.4. The fraction of sp³-hybridized carbons (Fsp3) is 0.227. The number of fused-ring (bicyclic) bond motifs is 2. The van der Waals surface area contributed by atoms with Crippen molar-refractivity contribution in [3.05, 3.63) is 70.5 Å². The number of carbonyl (C=O) groups is 1. The highest BCUT2D eigenvalue weighted by Gasteiger charge is 2.24. The molecule has 2 aromatic carbocycles. The maximum atomic E-state index is 13.4. The van der Waals surface area contributed by atoms with E-state index in [2.05, 4.69) is 10.3 Å². The lowest BCUT2D eigenvalue weighted by molar-refractivity contribution is 0.0948. The number of nitrogens with one attached hydrogen (secondary N) is 1. The highest BCUT2D eigenvalue weighted by atomic mass is 32.2. The van der Waals surface area contributed by atoms with Crippen LogP contribution >= 0.6 is 23.1 Å². The smallest absolute Gasteiger partial charge is 0.280 e.